The van der Waals surface area contributed by atoms with Gasteiger partial charge in [-0.1, -0.05) is 37.6 Å². The molecule has 0 radical (unpaired) electrons. The predicted octanol–water partition coefficient (Wildman–Crippen LogP) is 1.77. The van der Waals surface area contributed by atoms with Crippen molar-refractivity contribution in [1.29, 1.82) is 0 Å². The first-order valence-corrected chi connectivity index (χ1v) is 6.34. The van der Waals surface area contributed by atoms with Crippen molar-refractivity contribution >= 4 is 0 Å². The number of nitrogens with two attached hydrogens (primary N) is 1. The summed E-state index contributed by atoms with van der Waals surface area (Å²) in [5.41, 5.74) is 7.38. The third-order valence-corrected chi connectivity index (χ3v) is 2.97. The molecule has 3 heteroatoms. The molecule has 0 spiro atoms. The van der Waals surface area contributed by atoms with Crippen molar-refractivity contribution in [3.8, 4) is 0 Å². The highest BCUT2D eigenvalue weighted by Crippen LogP contribution is 2.19. The molecule has 17 heavy (non-hydrogen) atoms. The van der Waals surface area contributed by atoms with E-state index in [0.717, 1.165) is 12.0 Å². The van der Waals surface area contributed by atoms with Crippen molar-refractivity contribution < 1.29 is 10.2 Å². The summed E-state index contributed by atoms with van der Waals surface area (Å²) in [6.07, 6.45) is 2.23. The van der Waals surface area contributed by atoms with Gasteiger partial charge in [0.25, 0.3) is 0 Å². The molecule has 2 atom stereocenters. The van der Waals surface area contributed by atoms with Gasteiger partial charge in [-0.3, -0.25) is 0 Å². The Bertz CT molecular complexity index is 311. The Morgan fingerprint density at radius 3 is 2.35 bits per heavy atom. The Morgan fingerprint density at radius 1 is 1.18 bits per heavy atom. The molecule has 1 aromatic rings. The highest BCUT2D eigenvalue weighted by atomic mass is 16.3. The molecule has 1 aromatic carbocycles. The second-order valence-electron chi connectivity index (χ2n) is 4.43. The van der Waals surface area contributed by atoms with Gasteiger partial charge < -0.3 is 15.9 Å². The van der Waals surface area contributed by atoms with Crippen molar-refractivity contribution in [3.63, 3.8) is 0 Å². The Kier molecular flexibility index (Phi) is 6.19. The second kappa shape index (κ2) is 7.43. The Hall–Kier alpha value is -0.900. The zero-order valence-electron chi connectivity index (χ0n) is 10.5. The van der Waals surface area contributed by atoms with Crippen LogP contribution in [0, 0.1) is 0 Å². The normalized spacial score (nSPS) is 14.6. The van der Waals surface area contributed by atoms with Crippen LogP contribution in [0.2, 0.25) is 0 Å². The maximum atomic E-state index is 9.88. The first kappa shape index (κ1) is 14.2. The average molecular weight is 237 g/mol. The predicted molar refractivity (Wildman–Crippen MR) is 69.7 cm³/mol. The number of aliphatic hydroxyl groups excluding tert-OH is 2. The first-order chi connectivity index (χ1) is 8.19. The van der Waals surface area contributed by atoms with E-state index in [0.29, 0.717) is 13.0 Å². The molecule has 96 valence electrons. The van der Waals surface area contributed by atoms with Gasteiger partial charge in [-0.05, 0) is 36.9 Å². The van der Waals surface area contributed by atoms with E-state index in [1.165, 1.54) is 18.4 Å². The van der Waals surface area contributed by atoms with Gasteiger partial charge in [0, 0.05) is 0 Å². The number of benzene rings is 1. The summed E-state index contributed by atoms with van der Waals surface area (Å²) in [4.78, 5) is 0. The Labute approximate surface area is 103 Å². The van der Waals surface area contributed by atoms with Crippen LogP contribution in [0.5, 0.6) is 0 Å². The molecule has 0 aliphatic carbocycles. The van der Waals surface area contributed by atoms with E-state index >= 15 is 0 Å². The SMILES string of the molecule is CCCCc1ccc(C(O)C(O)CCN)cc1. The van der Waals surface area contributed by atoms with Crippen LogP contribution in [-0.2, 0) is 6.42 Å². The van der Waals surface area contributed by atoms with Crippen LogP contribution in [0.1, 0.15) is 43.4 Å². The number of aliphatic hydroxyl groups is 2. The van der Waals surface area contributed by atoms with Crippen LogP contribution in [0.3, 0.4) is 0 Å². The molecule has 2 unspecified atom stereocenters. The van der Waals surface area contributed by atoms with E-state index in [1.54, 1.807) is 0 Å². The van der Waals surface area contributed by atoms with E-state index in [2.05, 4.69) is 6.92 Å². The summed E-state index contributed by atoms with van der Waals surface area (Å²) in [5, 5.41) is 19.5. The topological polar surface area (TPSA) is 66.5 Å². The van der Waals surface area contributed by atoms with Crippen LogP contribution in [-0.4, -0.2) is 22.9 Å². The fraction of sp³-hybridized carbons (Fsp3) is 0.571. The maximum absolute atomic E-state index is 9.88. The molecule has 0 aromatic heterocycles. The highest BCUT2D eigenvalue weighted by molar-refractivity contribution is 5.24. The molecular formula is C14H23NO2. The zero-order valence-corrected chi connectivity index (χ0v) is 10.5. The first-order valence-electron chi connectivity index (χ1n) is 6.34. The van der Waals surface area contributed by atoms with Crippen molar-refractivity contribution in [2.75, 3.05) is 6.54 Å². The number of unbranched alkanes of at least 4 members (excludes halogenated alkanes) is 1. The Morgan fingerprint density at radius 2 is 1.82 bits per heavy atom. The molecule has 0 saturated carbocycles. The standard InChI is InChI=1S/C14H23NO2/c1-2-3-4-11-5-7-12(8-6-11)14(17)13(16)9-10-15/h5-8,13-14,16-17H,2-4,9-10,15H2,1H3. The average Bonchev–Trinajstić information content (AvgIpc) is 2.36. The zero-order chi connectivity index (χ0) is 12.7. The minimum absolute atomic E-state index is 0.382. The smallest absolute Gasteiger partial charge is 0.105 e. The maximum Gasteiger partial charge on any atom is 0.105 e. The molecule has 4 N–H and O–H groups in total. The molecule has 0 fully saturated rings. The van der Waals surface area contributed by atoms with E-state index in [4.69, 9.17) is 5.73 Å². The molecule has 3 nitrogen and oxygen atoms in total. The van der Waals surface area contributed by atoms with Gasteiger partial charge in [0.15, 0.2) is 0 Å². The fourth-order valence-electron chi connectivity index (χ4n) is 1.81. The molecule has 0 saturated heterocycles. The summed E-state index contributed by atoms with van der Waals surface area (Å²) in [6, 6.07) is 7.80. The van der Waals surface area contributed by atoms with Crippen LogP contribution < -0.4 is 5.73 Å². The minimum Gasteiger partial charge on any atom is -0.390 e. The van der Waals surface area contributed by atoms with Crippen LogP contribution in [0.25, 0.3) is 0 Å². The summed E-state index contributed by atoms with van der Waals surface area (Å²) < 4.78 is 0. The molecule has 1 rings (SSSR count). The quantitative estimate of drug-likeness (QED) is 0.677. The third-order valence-electron chi connectivity index (χ3n) is 2.97. The Balaban J connectivity index is 2.60. The number of rotatable bonds is 7. The van der Waals surface area contributed by atoms with Gasteiger partial charge >= 0.3 is 0 Å². The van der Waals surface area contributed by atoms with Crippen molar-refractivity contribution in [3.05, 3.63) is 35.4 Å². The van der Waals surface area contributed by atoms with Gasteiger partial charge in [0.05, 0.1) is 6.10 Å². The second-order valence-corrected chi connectivity index (χ2v) is 4.43. The summed E-state index contributed by atoms with van der Waals surface area (Å²) >= 11 is 0. The summed E-state index contributed by atoms with van der Waals surface area (Å²) in [5.74, 6) is 0. The summed E-state index contributed by atoms with van der Waals surface area (Å²) in [6.45, 7) is 2.55. The number of hydrogen-bond acceptors (Lipinski definition) is 3. The van der Waals surface area contributed by atoms with Gasteiger partial charge in [-0.2, -0.15) is 0 Å². The third kappa shape index (κ3) is 4.46. The van der Waals surface area contributed by atoms with Gasteiger partial charge in [0.1, 0.15) is 6.10 Å². The monoisotopic (exact) mass is 237 g/mol. The van der Waals surface area contributed by atoms with Crippen molar-refractivity contribution in [2.45, 2.75) is 44.8 Å². The minimum atomic E-state index is -0.834. The molecule has 0 aliphatic rings. The largest absolute Gasteiger partial charge is 0.390 e. The summed E-state index contributed by atoms with van der Waals surface area (Å²) in [7, 11) is 0. The molecule has 0 bridgehead atoms. The number of aryl methyl sites for hydroxylation is 1. The molecular weight excluding hydrogens is 214 g/mol. The van der Waals surface area contributed by atoms with Crippen LogP contribution in [0.15, 0.2) is 24.3 Å². The van der Waals surface area contributed by atoms with Crippen LogP contribution in [0.4, 0.5) is 0 Å². The van der Waals surface area contributed by atoms with Crippen LogP contribution >= 0.6 is 0 Å². The lowest BCUT2D eigenvalue weighted by atomic mass is 9.99. The van der Waals surface area contributed by atoms with Gasteiger partial charge in [-0.15, -0.1) is 0 Å². The van der Waals surface area contributed by atoms with Gasteiger partial charge in [0.2, 0.25) is 0 Å². The fourth-order valence-corrected chi connectivity index (χ4v) is 1.81. The molecule has 0 amide bonds. The number of hydrogen-bond donors (Lipinski definition) is 3. The lowest BCUT2D eigenvalue weighted by Crippen LogP contribution is -2.21. The van der Waals surface area contributed by atoms with Crippen molar-refractivity contribution in [1.82, 2.24) is 0 Å². The highest BCUT2D eigenvalue weighted by Gasteiger charge is 2.17. The van der Waals surface area contributed by atoms with Crippen molar-refractivity contribution in [2.24, 2.45) is 5.73 Å². The van der Waals surface area contributed by atoms with Gasteiger partial charge in [-0.25, -0.2) is 0 Å². The molecule has 0 aliphatic heterocycles. The molecule has 0 heterocycles. The van der Waals surface area contributed by atoms with E-state index < -0.39 is 12.2 Å². The lowest BCUT2D eigenvalue weighted by Gasteiger charge is -2.17. The lowest BCUT2D eigenvalue weighted by molar-refractivity contribution is 0.0150. The van der Waals surface area contributed by atoms with E-state index in [1.807, 2.05) is 24.3 Å². The van der Waals surface area contributed by atoms with E-state index in [9.17, 15) is 10.2 Å². The van der Waals surface area contributed by atoms with E-state index in [-0.39, 0.29) is 0 Å².